The van der Waals surface area contributed by atoms with Crippen LogP contribution in [0.4, 0.5) is 0 Å². The lowest BCUT2D eigenvalue weighted by Gasteiger charge is -2.32. The van der Waals surface area contributed by atoms with Crippen molar-refractivity contribution in [1.82, 2.24) is 0 Å². The van der Waals surface area contributed by atoms with Crippen molar-refractivity contribution in [3.63, 3.8) is 0 Å². The van der Waals surface area contributed by atoms with Gasteiger partial charge >= 0.3 is 0 Å². The van der Waals surface area contributed by atoms with Crippen LogP contribution in [0.25, 0.3) is 0 Å². The van der Waals surface area contributed by atoms with E-state index >= 15 is 0 Å². The molecular formula is C20H34O4. The largest absolute Gasteiger partial charge is 0.494 e. The molecule has 0 aromatic heterocycles. The van der Waals surface area contributed by atoms with Crippen LogP contribution in [0.1, 0.15) is 52.0 Å². The third-order valence-corrected chi connectivity index (χ3v) is 4.47. The zero-order chi connectivity index (χ0) is 17.7. The van der Waals surface area contributed by atoms with E-state index in [9.17, 15) is 0 Å². The second-order valence-electron chi connectivity index (χ2n) is 6.01. The van der Waals surface area contributed by atoms with Gasteiger partial charge in [0, 0.05) is 13.2 Å². The van der Waals surface area contributed by atoms with Gasteiger partial charge in [-0.3, -0.25) is 0 Å². The molecule has 0 amide bonds. The molecule has 1 rings (SSSR count). The molecule has 0 saturated carbocycles. The van der Waals surface area contributed by atoms with Crippen LogP contribution in [0.15, 0.2) is 24.3 Å². The molecule has 0 bridgehead atoms. The summed E-state index contributed by atoms with van der Waals surface area (Å²) in [6.07, 6.45) is 4.62. The van der Waals surface area contributed by atoms with Crippen molar-refractivity contribution < 1.29 is 19.3 Å². The van der Waals surface area contributed by atoms with E-state index in [1.54, 1.807) is 0 Å². The molecule has 0 unspecified atom stereocenters. The first-order valence-electron chi connectivity index (χ1n) is 9.24. The van der Waals surface area contributed by atoms with Gasteiger partial charge in [-0.2, -0.15) is 0 Å². The highest BCUT2D eigenvalue weighted by atomic mass is 16.5. The zero-order valence-corrected chi connectivity index (χ0v) is 15.6. The Morgan fingerprint density at radius 2 is 1.83 bits per heavy atom. The van der Waals surface area contributed by atoms with Crippen LogP contribution in [0, 0.1) is 0 Å². The third kappa shape index (κ3) is 7.65. The van der Waals surface area contributed by atoms with E-state index in [2.05, 4.69) is 13.8 Å². The molecule has 24 heavy (non-hydrogen) atoms. The number of aliphatic hydroxyl groups is 1. The van der Waals surface area contributed by atoms with Gasteiger partial charge in [-0.1, -0.05) is 26.0 Å². The summed E-state index contributed by atoms with van der Waals surface area (Å²) in [7, 11) is 0. The van der Waals surface area contributed by atoms with Gasteiger partial charge < -0.3 is 19.3 Å². The topological polar surface area (TPSA) is 47.9 Å². The number of hydrogen-bond donors (Lipinski definition) is 1. The fourth-order valence-corrected chi connectivity index (χ4v) is 2.85. The lowest BCUT2D eigenvalue weighted by atomic mass is 9.91. The fourth-order valence-electron chi connectivity index (χ4n) is 2.85. The van der Waals surface area contributed by atoms with Gasteiger partial charge in [0.2, 0.25) is 0 Å². The molecule has 0 atom stereocenters. The highest BCUT2D eigenvalue weighted by molar-refractivity contribution is 5.28. The van der Waals surface area contributed by atoms with Crippen LogP contribution < -0.4 is 4.74 Å². The molecule has 1 N–H and O–H groups in total. The Bertz CT molecular complexity index is 429. The maximum absolute atomic E-state index is 9.01. The van der Waals surface area contributed by atoms with E-state index in [-0.39, 0.29) is 12.2 Å². The summed E-state index contributed by atoms with van der Waals surface area (Å²) in [6.45, 7) is 9.26. The van der Waals surface area contributed by atoms with Crippen LogP contribution in [-0.4, -0.2) is 43.7 Å². The summed E-state index contributed by atoms with van der Waals surface area (Å²) in [5.41, 5.74) is 1.03. The number of aliphatic hydroxyl groups excluding tert-OH is 1. The molecule has 0 radical (unpaired) electrons. The van der Waals surface area contributed by atoms with Gasteiger partial charge in [-0.15, -0.1) is 0 Å². The number of rotatable bonds is 14. The minimum atomic E-state index is -0.0702. The quantitative estimate of drug-likeness (QED) is 0.521. The molecule has 4 nitrogen and oxygen atoms in total. The molecule has 0 spiro atoms. The fraction of sp³-hybridized carbons (Fsp3) is 0.700. The molecule has 1 aromatic rings. The SMILES string of the molecule is CCOCCOC(CC)(CC)CCCOc1cccc(CCO)c1. The van der Waals surface area contributed by atoms with E-state index < -0.39 is 0 Å². The molecule has 0 saturated heterocycles. The van der Waals surface area contributed by atoms with E-state index in [0.717, 1.165) is 43.6 Å². The predicted octanol–water partition coefficient (Wildman–Crippen LogP) is 3.99. The lowest BCUT2D eigenvalue weighted by Crippen LogP contribution is -2.33. The molecule has 0 fully saturated rings. The van der Waals surface area contributed by atoms with Crippen molar-refractivity contribution >= 4 is 0 Å². The van der Waals surface area contributed by atoms with Crippen LogP contribution in [0.3, 0.4) is 0 Å². The van der Waals surface area contributed by atoms with Crippen molar-refractivity contribution in [2.75, 3.05) is 33.0 Å². The summed E-state index contributed by atoms with van der Waals surface area (Å²) >= 11 is 0. The average Bonchev–Trinajstić information content (AvgIpc) is 2.61. The first-order chi connectivity index (χ1) is 11.7. The molecule has 0 aliphatic rings. The number of benzene rings is 1. The Balaban J connectivity index is 2.37. The predicted molar refractivity (Wildman–Crippen MR) is 97.7 cm³/mol. The number of ether oxygens (including phenoxy) is 3. The Morgan fingerprint density at radius 1 is 1.04 bits per heavy atom. The monoisotopic (exact) mass is 338 g/mol. The van der Waals surface area contributed by atoms with E-state index in [4.69, 9.17) is 19.3 Å². The molecule has 0 aliphatic heterocycles. The van der Waals surface area contributed by atoms with Crippen molar-refractivity contribution in [1.29, 1.82) is 0 Å². The summed E-state index contributed by atoms with van der Waals surface area (Å²) in [5.74, 6) is 0.872. The van der Waals surface area contributed by atoms with Crippen molar-refractivity contribution in [2.45, 2.75) is 58.5 Å². The zero-order valence-electron chi connectivity index (χ0n) is 15.6. The molecule has 1 aromatic carbocycles. The smallest absolute Gasteiger partial charge is 0.119 e. The third-order valence-electron chi connectivity index (χ3n) is 4.47. The van der Waals surface area contributed by atoms with E-state index in [1.165, 1.54) is 0 Å². The summed E-state index contributed by atoms with van der Waals surface area (Å²) < 4.78 is 17.3. The van der Waals surface area contributed by atoms with Crippen molar-refractivity contribution in [2.24, 2.45) is 0 Å². The van der Waals surface area contributed by atoms with Crippen LogP contribution in [0.2, 0.25) is 0 Å². The minimum Gasteiger partial charge on any atom is -0.494 e. The maximum Gasteiger partial charge on any atom is 0.119 e. The average molecular weight is 338 g/mol. The van der Waals surface area contributed by atoms with Gasteiger partial charge in [0.15, 0.2) is 0 Å². The van der Waals surface area contributed by atoms with Crippen molar-refractivity contribution in [3.05, 3.63) is 29.8 Å². The van der Waals surface area contributed by atoms with E-state index in [0.29, 0.717) is 26.2 Å². The van der Waals surface area contributed by atoms with Gasteiger partial charge in [0.05, 0.1) is 25.4 Å². The lowest BCUT2D eigenvalue weighted by molar-refractivity contribution is -0.0785. The highest BCUT2D eigenvalue weighted by Crippen LogP contribution is 2.26. The molecule has 0 aliphatic carbocycles. The van der Waals surface area contributed by atoms with Gasteiger partial charge in [0.1, 0.15) is 5.75 Å². The first-order valence-corrected chi connectivity index (χ1v) is 9.24. The Kier molecular flexibility index (Phi) is 10.7. The normalized spacial score (nSPS) is 11.7. The van der Waals surface area contributed by atoms with Crippen LogP contribution in [-0.2, 0) is 15.9 Å². The molecule has 0 heterocycles. The standard InChI is InChI=1S/C20H34O4/c1-4-20(5-2,24-16-15-22-6-3)12-8-14-23-19-10-7-9-18(17-19)11-13-21/h7,9-10,17,21H,4-6,8,11-16H2,1-3H3. The van der Waals surface area contributed by atoms with E-state index in [1.807, 2.05) is 31.2 Å². The van der Waals surface area contributed by atoms with Gasteiger partial charge in [0.25, 0.3) is 0 Å². The first kappa shape index (κ1) is 20.9. The van der Waals surface area contributed by atoms with Crippen LogP contribution in [0.5, 0.6) is 5.75 Å². The summed E-state index contributed by atoms with van der Waals surface area (Å²) in [6, 6.07) is 7.95. The maximum atomic E-state index is 9.01. The van der Waals surface area contributed by atoms with Gasteiger partial charge in [-0.25, -0.2) is 0 Å². The molecule has 4 heteroatoms. The summed E-state index contributed by atoms with van der Waals surface area (Å²) in [4.78, 5) is 0. The van der Waals surface area contributed by atoms with Crippen LogP contribution >= 0.6 is 0 Å². The highest BCUT2D eigenvalue weighted by Gasteiger charge is 2.26. The Hall–Kier alpha value is -1.10. The second kappa shape index (κ2) is 12.3. The van der Waals surface area contributed by atoms with Gasteiger partial charge in [-0.05, 0) is 56.7 Å². The number of hydrogen-bond acceptors (Lipinski definition) is 4. The minimum absolute atomic E-state index is 0.0702. The Labute approximate surface area is 147 Å². The second-order valence-corrected chi connectivity index (χ2v) is 6.01. The molecule has 138 valence electrons. The summed E-state index contributed by atoms with van der Waals surface area (Å²) in [5, 5.41) is 9.01. The Morgan fingerprint density at radius 3 is 2.50 bits per heavy atom. The van der Waals surface area contributed by atoms with Crippen molar-refractivity contribution in [3.8, 4) is 5.75 Å². The molecular weight excluding hydrogens is 304 g/mol.